The van der Waals surface area contributed by atoms with Crippen molar-refractivity contribution in [2.45, 2.75) is 6.92 Å². The van der Waals surface area contributed by atoms with Crippen LogP contribution in [0.3, 0.4) is 0 Å². The molecule has 4 rings (SSSR count). The number of morpholine rings is 1. The van der Waals surface area contributed by atoms with E-state index in [-0.39, 0.29) is 0 Å². The van der Waals surface area contributed by atoms with Crippen LogP contribution < -0.4 is 10.2 Å². The van der Waals surface area contributed by atoms with Crippen LogP contribution in [-0.2, 0) is 4.74 Å². The van der Waals surface area contributed by atoms with Gasteiger partial charge < -0.3 is 15.0 Å². The van der Waals surface area contributed by atoms with Gasteiger partial charge >= 0.3 is 0 Å². The predicted octanol–water partition coefficient (Wildman–Crippen LogP) is 3.49. The summed E-state index contributed by atoms with van der Waals surface area (Å²) in [5, 5.41) is 3.27. The molecular weight excluding hydrogens is 334 g/mol. The van der Waals surface area contributed by atoms with Gasteiger partial charge in [0.2, 0.25) is 5.95 Å². The molecule has 0 bridgehead atoms. The van der Waals surface area contributed by atoms with Gasteiger partial charge in [0.05, 0.1) is 35.0 Å². The van der Waals surface area contributed by atoms with E-state index < -0.39 is 0 Å². The van der Waals surface area contributed by atoms with Gasteiger partial charge in [0.25, 0.3) is 0 Å². The van der Waals surface area contributed by atoms with Crippen LogP contribution >= 0.6 is 11.3 Å². The quantitative estimate of drug-likeness (QED) is 0.775. The second kappa shape index (κ2) is 7.16. The molecule has 0 saturated carbocycles. The second-order valence-electron chi connectivity index (χ2n) is 5.80. The van der Waals surface area contributed by atoms with Crippen molar-refractivity contribution in [3.05, 3.63) is 47.7 Å². The molecule has 1 N–H and O–H groups in total. The van der Waals surface area contributed by atoms with Gasteiger partial charge in [-0.3, -0.25) is 0 Å². The van der Waals surface area contributed by atoms with Crippen LogP contribution in [0, 0.1) is 6.92 Å². The molecule has 3 aromatic rings. The Morgan fingerprint density at radius 3 is 2.60 bits per heavy atom. The number of rotatable bonds is 4. The first kappa shape index (κ1) is 16.0. The molecule has 1 fully saturated rings. The van der Waals surface area contributed by atoms with Gasteiger partial charge in [0, 0.05) is 30.7 Å². The second-order valence-corrected chi connectivity index (χ2v) is 6.66. The monoisotopic (exact) mass is 353 g/mol. The fourth-order valence-corrected chi connectivity index (χ4v) is 3.57. The lowest BCUT2D eigenvalue weighted by atomic mass is 10.2. The van der Waals surface area contributed by atoms with Crippen molar-refractivity contribution < 1.29 is 4.74 Å². The van der Waals surface area contributed by atoms with Crippen molar-refractivity contribution in [1.29, 1.82) is 0 Å². The van der Waals surface area contributed by atoms with Crippen LogP contribution in [-0.4, -0.2) is 41.3 Å². The minimum Gasteiger partial charge on any atom is -0.378 e. The molecule has 7 heteroatoms. The van der Waals surface area contributed by atoms with Crippen LogP contribution in [0.15, 0.2) is 42.0 Å². The first-order valence-corrected chi connectivity index (χ1v) is 9.11. The van der Waals surface area contributed by atoms with Crippen molar-refractivity contribution >= 4 is 28.7 Å². The average molecular weight is 353 g/mol. The molecule has 1 aromatic carbocycles. The Morgan fingerprint density at radius 2 is 1.88 bits per heavy atom. The van der Waals surface area contributed by atoms with Crippen molar-refractivity contribution in [3.8, 4) is 10.6 Å². The number of aromatic nitrogens is 3. The normalized spacial score (nSPS) is 14.5. The molecule has 0 aliphatic carbocycles. The fraction of sp³-hybridized carbons (Fsp3) is 0.278. The first-order valence-electron chi connectivity index (χ1n) is 8.23. The number of aryl methyl sites for hydroxylation is 1. The third kappa shape index (κ3) is 3.62. The molecule has 128 valence electrons. The largest absolute Gasteiger partial charge is 0.378 e. The summed E-state index contributed by atoms with van der Waals surface area (Å²) >= 11 is 1.59. The summed E-state index contributed by atoms with van der Waals surface area (Å²) in [6.45, 7) is 5.44. The Morgan fingerprint density at radius 1 is 1.08 bits per heavy atom. The lowest BCUT2D eigenvalue weighted by molar-refractivity contribution is 0.122. The van der Waals surface area contributed by atoms with Gasteiger partial charge in [-0.05, 0) is 37.3 Å². The summed E-state index contributed by atoms with van der Waals surface area (Å²) in [5.41, 5.74) is 5.90. The number of hydrogen-bond donors (Lipinski definition) is 1. The number of nitrogens with one attached hydrogen (secondary N) is 1. The first-order chi connectivity index (χ1) is 12.3. The molecule has 25 heavy (non-hydrogen) atoms. The summed E-state index contributed by atoms with van der Waals surface area (Å²) < 4.78 is 5.40. The molecule has 0 unspecified atom stereocenters. The van der Waals surface area contributed by atoms with Gasteiger partial charge in [0.1, 0.15) is 0 Å². The highest BCUT2D eigenvalue weighted by Gasteiger charge is 2.11. The SMILES string of the molecule is Cc1ncsc1-c1ccnc(Nc2ccc(N3CCOCC3)cc2)n1. The zero-order chi connectivity index (χ0) is 17.1. The van der Waals surface area contributed by atoms with E-state index in [0.717, 1.165) is 48.3 Å². The Labute approximate surface area is 150 Å². The Balaban J connectivity index is 1.49. The number of thiazole rings is 1. The predicted molar refractivity (Wildman–Crippen MR) is 101 cm³/mol. The van der Waals surface area contributed by atoms with E-state index in [4.69, 9.17) is 4.74 Å². The number of ether oxygens (including phenoxy) is 1. The van der Waals surface area contributed by atoms with E-state index in [1.54, 1.807) is 17.5 Å². The molecule has 2 aromatic heterocycles. The van der Waals surface area contributed by atoms with Gasteiger partial charge in [0.15, 0.2) is 0 Å². The summed E-state index contributed by atoms with van der Waals surface area (Å²) in [5.74, 6) is 0.587. The molecular formula is C18H19N5OS. The van der Waals surface area contributed by atoms with Crippen molar-refractivity contribution in [2.75, 3.05) is 36.5 Å². The molecule has 0 atom stereocenters. The third-order valence-electron chi connectivity index (χ3n) is 4.13. The van der Waals surface area contributed by atoms with E-state index >= 15 is 0 Å². The molecule has 1 aliphatic rings. The van der Waals surface area contributed by atoms with Crippen LogP contribution in [0.5, 0.6) is 0 Å². The zero-order valence-corrected chi connectivity index (χ0v) is 14.8. The van der Waals surface area contributed by atoms with Gasteiger partial charge in [-0.25, -0.2) is 15.0 Å². The highest BCUT2D eigenvalue weighted by atomic mass is 32.1. The Bertz CT molecular complexity index is 843. The Kier molecular flexibility index (Phi) is 4.58. The smallest absolute Gasteiger partial charge is 0.227 e. The summed E-state index contributed by atoms with van der Waals surface area (Å²) in [6.07, 6.45) is 1.77. The molecule has 1 aliphatic heterocycles. The zero-order valence-electron chi connectivity index (χ0n) is 14.0. The molecule has 0 amide bonds. The topological polar surface area (TPSA) is 63.2 Å². The minimum atomic E-state index is 0.587. The lowest BCUT2D eigenvalue weighted by Crippen LogP contribution is -2.36. The van der Waals surface area contributed by atoms with Gasteiger partial charge in [-0.15, -0.1) is 11.3 Å². The lowest BCUT2D eigenvalue weighted by Gasteiger charge is -2.28. The number of nitrogens with zero attached hydrogens (tertiary/aromatic N) is 4. The van der Waals surface area contributed by atoms with Gasteiger partial charge in [-0.1, -0.05) is 0 Å². The summed E-state index contributed by atoms with van der Waals surface area (Å²) in [6, 6.07) is 10.3. The van der Waals surface area contributed by atoms with Crippen molar-refractivity contribution in [1.82, 2.24) is 15.0 Å². The highest BCUT2D eigenvalue weighted by molar-refractivity contribution is 7.13. The number of benzene rings is 1. The standard InChI is InChI=1S/C18H19N5OS/c1-13-17(25-12-20-13)16-6-7-19-18(22-16)21-14-2-4-15(5-3-14)23-8-10-24-11-9-23/h2-7,12H,8-11H2,1H3,(H,19,21,22). The van der Waals surface area contributed by atoms with Crippen LogP contribution in [0.2, 0.25) is 0 Å². The van der Waals surface area contributed by atoms with Crippen LogP contribution in [0.4, 0.5) is 17.3 Å². The molecule has 1 saturated heterocycles. The van der Waals surface area contributed by atoms with Crippen molar-refractivity contribution in [2.24, 2.45) is 0 Å². The summed E-state index contributed by atoms with van der Waals surface area (Å²) in [4.78, 5) is 16.6. The van der Waals surface area contributed by atoms with E-state index in [1.807, 2.05) is 18.5 Å². The van der Waals surface area contributed by atoms with E-state index in [0.29, 0.717) is 5.95 Å². The maximum atomic E-state index is 5.40. The molecule has 0 radical (unpaired) electrons. The molecule has 3 heterocycles. The molecule has 0 spiro atoms. The van der Waals surface area contributed by atoms with Crippen molar-refractivity contribution in [3.63, 3.8) is 0 Å². The minimum absolute atomic E-state index is 0.587. The number of anilines is 3. The van der Waals surface area contributed by atoms with Gasteiger partial charge in [-0.2, -0.15) is 0 Å². The van der Waals surface area contributed by atoms with E-state index in [1.165, 1.54) is 5.69 Å². The van der Waals surface area contributed by atoms with Crippen LogP contribution in [0.25, 0.3) is 10.6 Å². The average Bonchev–Trinajstić information content (AvgIpc) is 3.09. The maximum absolute atomic E-state index is 5.40. The Hall–Kier alpha value is -2.51. The summed E-state index contributed by atoms with van der Waals surface area (Å²) in [7, 11) is 0. The fourth-order valence-electron chi connectivity index (χ4n) is 2.80. The number of hydrogen-bond acceptors (Lipinski definition) is 7. The molecule has 6 nitrogen and oxygen atoms in total. The third-order valence-corrected chi connectivity index (χ3v) is 5.08. The van der Waals surface area contributed by atoms with E-state index in [9.17, 15) is 0 Å². The maximum Gasteiger partial charge on any atom is 0.227 e. The highest BCUT2D eigenvalue weighted by Crippen LogP contribution is 2.26. The van der Waals surface area contributed by atoms with Crippen LogP contribution in [0.1, 0.15) is 5.69 Å². The van der Waals surface area contributed by atoms with E-state index in [2.05, 4.69) is 49.4 Å².